The van der Waals surface area contributed by atoms with E-state index in [0.29, 0.717) is 39.6 Å². The molecule has 8 nitrogen and oxygen atoms in total. The van der Waals surface area contributed by atoms with Crippen molar-refractivity contribution < 1.29 is 23.5 Å². The molecule has 19 rings (SSSR count). The Morgan fingerprint density at radius 3 is 0.810 bits per heavy atom. The second-order valence-electron chi connectivity index (χ2n) is 38.0. The summed E-state index contributed by atoms with van der Waals surface area (Å²) < 4.78 is 26.3. The van der Waals surface area contributed by atoms with E-state index < -0.39 is 0 Å². The Balaban J connectivity index is 0.506. The molecule has 0 saturated carbocycles. The lowest BCUT2D eigenvalue weighted by molar-refractivity contribution is -0.594. The van der Waals surface area contributed by atoms with Gasteiger partial charge in [-0.1, -0.05) is 369 Å². The molecular weight excluding hydrogens is 1790 g/mol. The molecule has 0 aliphatic carbocycles. The van der Waals surface area contributed by atoms with Gasteiger partial charge in [0.1, 0.15) is 11.5 Å². The summed E-state index contributed by atoms with van der Waals surface area (Å²) in [6.45, 7) is 16.1. The molecule has 18 aromatic carbocycles. The van der Waals surface area contributed by atoms with Gasteiger partial charge in [-0.2, -0.15) is 4.57 Å². The number of hydrogen-bond acceptors (Lipinski definition) is 7. The van der Waals surface area contributed by atoms with Gasteiger partial charge in [0, 0.05) is 87.7 Å². The van der Waals surface area contributed by atoms with Crippen LogP contribution in [0.3, 0.4) is 0 Å². The smallest absolute Gasteiger partial charge is 0.210 e. The van der Waals surface area contributed by atoms with Crippen molar-refractivity contribution >= 4 is 63.3 Å². The zero-order valence-electron chi connectivity index (χ0n) is 84.6. The minimum Gasteiger partial charge on any atom is -0.494 e. The Bertz CT molecular complexity index is 7400. The minimum absolute atomic E-state index is 0.561. The second kappa shape index (κ2) is 50.2. The highest BCUT2D eigenvalue weighted by Crippen LogP contribution is 2.45. The van der Waals surface area contributed by atoms with Gasteiger partial charge in [0.15, 0.2) is 12.4 Å². The van der Waals surface area contributed by atoms with Crippen LogP contribution in [0.2, 0.25) is 0 Å². The fourth-order valence-electron chi connectivity index (χ4n) is 19.6. The van der Waals surface area contributed by atoms with Crippen LogP contribution in [0.5, 0.6) is 11.5 Å². The van der Waals surface area contributed by atoms with Crippen molar-refractivity contribution in [1.82, 2.24) is 0 Å². The van der Waals surface area contributed by atoms with Gasteiger partial charge in [0.2, 0.25) is 5.69 Å². The van der Waals surface area contributed by atoms with Crippen molar-refractivity contribution in [3.8, 4) is 117 Å². The highest BCUT2D eigenvalue weighted by molar-refractivity contribution is 5.87. The van der Waals surface area contributed by atoms with E-state index in [1.807, 2.05) is 60.7 Å². The summed E-state index contributed by atoms with van der Waals surface area (Å²) in [7, 11) is 0. The summed E-state index contributed by atoms with van der Waals surface area (Å²) in [5.74, 6) is 1.76. The van der Waals surface area contributed by atoms with Gasteiger partial charge >= 0.3 is 0 Å². The number of anilines is 9. The molecule has 0 saturated heterocycles. The van der Waals surface area contributed by atoms with E-state index in [2.05, 4.69) is 465 Å². The molecule has 0 aliphatic heterocycles. The molecule has 0 radical (unpaired) electrons. The van der Waals surface area contributed by atoms with Crippen molar-refractivity contribution in [2.24, 2.45) is 0 Å². The van der Waals surface area contributed by atoms with Crippen molar-refractivity contribution in [3.05, 3.63) is 514 Å². The molecule has 0 atom stereocenters. The molecular formula is C139H129N4O4+. The first-order valence-corrected chi connectivity index (χ1v) is 52.5. The van der Waals surface area contributed by atoms with Crippen LogP contribution >= 0.6 is 0 Å². The number of hydrogen-bond donors (Lipinski definition) is 0. The first-order valence-electron chi connectivity index (χ1n) is 52.5. The van der Waals surface area contributed by atoms with Crippen LogP contribution in [-0.2, 0) is 35.5 Å². The summed E-state index contributed by atoms with van der Waals surface area (Å²) in [4.78, 5) is 7.19. The average molecular weight is 1920 g/mol. The SMILES string of the molecule is C=Cc1ccc(OCCCCOCc2ccc(-c3cc(-c4ccccc4)c[n+](-c4ccc(-c5ccc(-c6ccc(-c7ccc(N(c8ccccc8)c8ccc(-c9ccc(N(c%10ccccc%10)c%10ccc(-c%11ccc(-c%12ccc(-c%13ccc(N(c%14ccccc%14)c%14ccc(COCCCCOc%15ccc(C=C)cc%15)cc%14)cc%13)cc%12)cc%11)cc%10)cc9CCCCCC)c(CCCCCC)c8)cc7)cc6)cc5)cc4)c3)cc2)cc1. The van der Waals surface area contributed by atoms with Gasteiger partial charge in [-0.05, 0) is 325 Å². The highest BCUT2D eigenvalue weighted by Gasteiger charge is 2.24. The Morgan fingerprint density at radius 1 is 0.224 bits per heavy atom. The van der Waals surface area contributed by atoms with Gasteiger partial charge in [-0.15, -0.1) is 0 Å². The molecule has 1 aromatic heterocycles. The van der Waals surface area contributed by atoms with Crippen molar-refractivity contribution in [1.29, 1.82) is 0 Å². The monoisotopic (exact) mass is 1920 g/mol. The van der Waals surface area contributed by atoms with Crippen LogP contribution in [0.25, 0.3) is 118 Å². The number of benzene rings is 18. The molecule has 0 spiro atoms. The maximum absolute atomic E-state index is 6.11. The lowest BCUT2D eigenvalue weighted by Gasteiger charge is -2.28. The summed E-state index contributed by atoms with van der Waals surface area (Å²) in [5.41, 5.74) is 39.6. The Hall–Kier alpha value is -16.5. The fourth-order valence-corrected chi connectivity index (χ4v) is 19.6. The minimum atomic E-state index is 0.561. The Morgan fingerprint density at radius 2 is 0.483 bits per heavy atom. The highest BCUT2D eigenvalue weighted by atomic mass is 16.5. The van der Waals surface area contributed by atoms with E-state index in [9.17, 15) is 0 Å². The first-order chi connectivity index (χ1) is 72.7. The van der Waals surface area contributed by atoms with Gasteiger partial charge in [-0.3, -0.25) is 0 Å². The van der Waals surface area contributed by atoms with Crippen LogP contribution in [0.15, 0.2) is 481 Å². The first kappa shape index (κ1) is 99.3. The predicted octanol–water partition coefficient (Wildman–Crippen LogP) is 37.7. The number of pyridine rings is 1. The molecule has 0 fully saturated rings. The molecule has 147 heavy (non-hydrogen) atoms. The quantitative estimate of drug-likeness (QED) is 0.0278. The number of para-hydroxylation sites is 3. The summed E-state index contributed by atoms with van der Waals surface area (Å²) >= 11 is 0. The number of ether oxygens (including phenoxy) is 4. The number of nitrogens with zero attached hydrogens (tertiary/aromatic N) is 4. The fraction of sp³-hybridized carbons (Fsp3) is 0.158. The summed E-state index contributed by atoms with van der Waals surface area (Å²) in [5, 5.41) is 0. The van der Waals surface area contributed by atoms with Crippen molar-refractivity contribution in [3.63, 3.8) is 0 Å². The Labute approximate surface area is 870 Å². The van der Waals surface area contributed by atoms with E-state index in [4.69, 9.17) is 18.9 Å². The summed E-state index contributed by atoms with van der Waals surface area (Å²) in [6.07, 6.45) is 23.3. The maximum atomic E-state index is 6.11. The van der Waals surface area contributed by atoms with Crippen molar-refractivity contribution in [2.45, 2.75) is 117 Å². The topological polar surface area (TPSA) is 50.5 Å². The van der Waals surface area contributed by atoms with Crippen LogP contribution in [0.1, 0.15) is 124 Å². The third-order valence-corrected chi connectivity index (χ3v) is 27.8. The van der Waals surface area contributed by atoms with Crippen LogP contribution < -0.4 is 28.7 Å². The van der Waals surface area contributed by atoms with E-state index in [0.717, 1.165) is 170 Å². The third kappa shape index (κ3) is 25.8. The van der Waals surface area contributed by atoms with Gasteiger partial charge < -0.3 is 33.6 Å². The zero-order chi connectivity index (χ0) is 99.9. The predicted molar refractivity (Wildman–Crippen MR) is 618 cm³/mol. The maximum Gasteiger partial charge on any atom is 0.210 e. The standard InChI is InChI=1S/C139H129N4O4/c1-5-9-11-17-33-122-98-134(142(128-37-23-15-24-38-128)132-81-71-119(72-82-132)115-63-55-110(56-64-115)109-51-59-113(60-52-109)117-67-77-126(78-68-117)140-100-124(108-31-19-13-20-32-108)97-125(101-140)121-49-41-106(42-50-121)102-144-93-27-29-95-146-136-87-45-104(7-3)46-88-136)85-91-138(122)139-92-86-135(99-123(139)34-18-12-10-6-2)143(129-39-25-16-26-40-129)133-83-73-120(74-84-133)116-65-57-112(58-66-116)111-53-61-114(62-54-111)118-69-79-131(80-70-118)141(127-35-21-14-22-36-127)130-75-43-107(44-76-130)103-145-94-28-30-96-147-137-89-47-105(8-4)48-90-137/h7-8,13-16,19-26,31-32,35-92,97-101H,3-6,9-12,17-18,27-30,33-34,93-96,102-103H2,1-2H3/q+1. The summed E-state index contributed by atoms with van der Waals surface area (Å²) in [6, 6.07) is 166. The number of aryl methyl sites for hydroxylation is 2. The number of rotatable bonds is 47. The van der Waals surface area contributed by atoms with Gasteiger partial charge in [-0.25, -0.2) is 0 Å². The van der Waals surface area contributed by atoms with Gasteiger partial charge in [0.25, 0.3) is 0 Å². The van der Waals surface area contributed by atoms with E-state index in [1.165, 1.54) is 122 Å². The molecule has 1 heterocycles. The normalized spacial score (nSPS) is 11.2. The molecule has 728 valence electrons. The molecule has 19 aromatic rings. The molecule has 0 N–H and O–H groups in total. The molecule has 8 heteroatoms. The number of unbranched alkanes of at least 4 members (excludes halogenated alkanes) is 8. The van der Waals surface area contributed by atoms with E-state index in [-0.39, 0.29) is 0 Å². The lowest BCUT2D eigenvalue weighted by Crippen LogP contribution is -2.30. The van der Waals surface area contributed by atoms with Crippen LogP contribution in [0.4, 0.5) is 51.2 Å². The number of aromatic nitrogens is 1. The molecule has 0 unspecified atom stereocenters. The van der Waals surface area contributed by atoms with Crippen LogP contribution in [-0.4, -0.2) is 26.4 Å². The molecule has 0 bridgehead atoms. The zero-order valence-corrected chi connectivity index (χ0v) is 84.6. The molecule has 0 aliphatic rings. The van der Waals surface area contributed by atoms with E-state index in [1.54, 1.807) is 0 Å². The molecule has 0 amide bonds. The van der Waals surface area contributed by atoms with E-state index >= 15 is 0 Å². The van der Waals surface area contributed by atoms with Crippen LogP contribution in [0, 0.1) is 0 Å². The lowest BCUT2D eigenvalue weighted by atomic mass is 9.89. The second-order valence-corrected chi connectivity index (χ2v) is 38.0. The average Bonchev–Trinajstić information content (AvgIpc) is 0.773. The van der Waals surface area contributed by atoms with Gasteiger partial charge in [0.05, 0.1) is 26.4 Å². The van der Waals surface area contributed by atoms with Crippen molar-refractivity contribution in [2.75, 3.05) is 41.1 Å². The largest absolute Gasteiger partial charge is 0.494 e. The third-order valence-electron chi connectivity index (χ3n) is 27.8. The Kier molecular flexibility index (Phi) is 33.9.